The van der Waals surface area contributed by atoms with Gasteiger partial charge < -0.3 is 18.9 Å². The van der Waals surface area contributed by atoms with E-state index in [-0.39, 0.29) is 0 Å². The topological polar surface area (TPSA) is 54.0 Å². The van der Waals surface area contributed by atoms with Crippen molar-refractivity contribution in [2.24, 2.45) is 0 Å². The van der Waals surface area contributed by atoms with E-state index in [9.17, 15) is 4.79 Å². The van der Waals surface area contributed by atoms with Gasteiger partial charge >= 0.3 is 5.97 Å². The second-order valence-electron chi connectivity index (χ2n) is 5.64. The van der Waals surface area contributed by atoms with Crippen LogP contribution in [0.15, 0.2) is 18.2 Å². The lowest BCUT2D eigenvalue weighted by Gasteiger charge is -2.29. The van der Waals surface area contributed by atoms with Gasteiger partial charge in [0, 0.05) is 19.1 Å². The van der Waals surface area contributed by atoms with Crippen molar-refractivity contribution in [3.63, 3.8) is 0 Å². The number of hydrogen-bond donors (Lipinski definition) is 0. The van der Waals surface area contributed by atoms with Crippen molar-refractivity contribution in [2.45, 2.75) is 31.5 Å². The Morgan fingerprint density at radius 3 is 2.52 bits per heavy atom. The second-order valence-corrected chi connectivity index (χ2v) is 5.64. The molecule has 0 bridgehead atoms. The van der Waals surface area contributed by atoms with E-state index in [0.29, 0.717) is 24.3 Å². The number of benzene rings is 1. The molecular weight excluding hydrogens is 272 g/mol. The minimum absolute atomic E-state index is 0.315. The first-order valence-electron chi connectivity index (χ1n) is 6.83. The maximum atomic E-state index is 12.5. The van der Waals surface area contributed by atoms with Crippen LogP contribution in [0.1, 0.15) is 24.5 Å². The molecule has 1 aromatic rings. The molecule has 5 heteroatoms. The Balaban J connectivity index is 2.58. The second kappa shape index (κ2) is 5.66. The lowest BCUT2D eigenvalue weighted by Crippen LogP contribution is -2.39. The Morgan fingerprint density at radius 1 is 1.29 bits per heavy atom. The number of carbonyl (C=O) groups excluding carboxylic acids is 1. The van der Waals surface area contributed by atoms with Gasteiger partial charge in [0.2, 0.25) is 0 Å². The third-order valence-corrected chi connectivity index (χ3v) is 4.04. The molecular formula is C16H22O5. The zero-order chi connectivity index (χ0) is 15.7. The quantitative estimate of drug-likeness (QED) is 0.797. The molecule has 2 atom stereocenters. The van der Waals surface area contributed by atoms with Crippen molar-refractivity contribution in [3.8, 4) is 5.75 Å². The molecule has 2 rings (SSSR count). The van der Waals surface area contributed by atoms with Crippen LogP contribution in [0.2, 0.25) is 0 Å². The van der Waals surface area contributed by atoms with Crippen LogP contribution >= 0.6 is 0 Å². The number of hydrogen-bond acceptors (Lipinski definition) is 5. The summed E-state index contributed by atoms with van der Waals surface area (Å²) in [6.07, 6.45) is 0.378. The van der Waals surface area contributed by atoms with E-state index < -0.39 is 17.2 Å². The molecule has 116 valence electrons. The molecule has 0 aromatic heterocycles. The summed E-state index contributed by atoms with van der Waals surface area (Å²) < 4.78 is 21.8. The smallest absolute Gasteiger partial charge is 0.343 e. The van der Waals surface area contributed by atoms with Crippen LogP contribution in [-0.4, -0.2) is 39.5 Å². The maximum Gasteiger partial charge on any atom is 0.343 e. The predicted molar refractivity (Wildman–Crippen MR) is 77.4 cm³/mol. The molecule has 21 heavy (non-hydrogen) atoms. The summed E-state index contributed by atoms with van der Waals surface area (Å²) >= 11 is 0. The zero-order valence-electron chi connectivity index (χ0n) is 13.2. The van der Waals surface area contributed by atoms with Gasteiger partial charge in [0.05, 0.1) is 26.4 Å². The van der Waals surface area contributed by atoms with Crippen LogP contribution in [0.3, 0.4) is 0 Å². The summed E-state index contributed by atoms with van der Waals surface area (Å²) in [7, 11) is 4.55. The highest BCUT2D eigenvalue weighted by molar-refractivity contribution is 5.83. The first kappa shape index (κ1) is 15.8. The van der Waals surface area contributed by atoms with Gasteiger partial charge in [-0.2, -0.15) is 0 Å². The van der Waals surface area contributed by atoms with Crippen molar-refractivity contribution in [3.05, 3.63) is 29.3 Å². The Bertz CT molecular complexity index is 541. The molecule has 1 aromatic carbocycles. The van der Waals surface area contributed by atoms with Crippen LogP contribution < -0.4 is 4.74 Å². The normalized spacial score (nSPS) is 28.4. The summed E-state index contributed by atoms with van der Waals surface area (Å²) in [6, 6.07) is 5.66. The van der Waals surface area contributed by atoms with E-state index in [4.69, 9.17) is 18.9 Å². The summed E-state index contributed by atoms with van der Waals surface area (Å²) in [4.78, 5) is 12.5. The van der Waals surface area contributed by atoms with Gasteiger partial charge in [0.15, 0.2) is 5.60 Å². The molecule has 2 unspecified atom stereocenters. The van der Waals surface area contributed by atoms with Gasteiger partial charge in [-0.05, 0) is 26.0 Å². The van der Waals surface area contributed by atoms with Gasteiger partial charge in [-0.15, -0.1) is 0 Å². The van der Waals surface area contributed by atoms with Crippen molar-refractivity contribution in [1.82, 2.24) is 0 Å². The zero-order valence-corrected chi connectivity index (χ0v) is 13.2. The lowest BCUT2D eigenvalue weighted by molar-refractivity contribution is -0.165. The molecule has 1 saturated heterocycles. The molecule has 1 fully saturated rings. The molecule has 0 aliphatic carbocycles. The fourth-order valence-corrected chi connectivity index (χ4v) is 2.75. The highest BCUT2D eigenvalue weighted by Crippen LogP contribution is 2.46. The minimum atomic E-state index is -1.20. The molecule has 0 spiro atoms. The van der Waals surface area contributed by atoms with Crippen LogP contribution in [0.5, 0.6) is 5.75 Å². The highest BCUT2D eigenvalue weighted by Gasteiger charge is 2.55. The van der Waals surface area contributed by atoms with Gasteiger partial charge in [0.25, 0.3) is 0 Å². The summed E-state index contributed by atoms with van der Waals surface area (Å²) in [6.45, 7) is 4.19. The predicted octanol–water partition coefficient (Wildman–Crippen LogP) is 2.20. The average Bonchev–Trinajstić information content (AvgIpc) is 2.86. The standard InChI is InChI=1S/C16H22O5/c1-11-6-7-13(18-3)12(8-11)16(14(17)19-4)9-15(2,20-5)10-21-16/h6-8H,9-10H2,1-5H3. The SMILES string of the molecule is COC(=O)C1(c2cc(C)ccc2OC)CC(C)(OC)CO1. The van der Waals surface area contributed by atoms with Crippen LogP contribution in [0.4, 0.5) is 0 Å². The average molecular weight is 294 g/mol. The van der Waals surface area contributed by atoms with E-state index in [1.165, 1.54) is 7.11 Å². The molecule has 0 saturated carbocycles. The molecule has 1 aliphatic rings. The fraction of sp³-hybridized carbons (Fsp3) is 0.562. The third kappa shape index (κ3) is 2.63. The molecule has 5 nitrogen and oxygen atoms in total. The number of aryl methyl sites for hydroxylation is 1. The van der Waals surface area contributed by atoms with Crippen molar-refractivity contribution in [2.75, 3.05) is 27.9 Å². The Kier molecular flexibility index (Phi) is 4.25. The van der Waals surface area contributed by atoms with Crippen molar-refractivity contribution in [1.29, 1.82) is 0 Å². The number of methoxy groups -OCH3 is 3. The lowest BCUT2D eigenvalue weighted by atomic mass is 9.84. The molecule has 0 amide bonds. The van der Waals surface area contributed by atoms with Gasteiger partial charge in [0.1, 0.15) is 5.75 Å². The number of carbonyl (C=O) groups is 1. The van der Waals surface area contributed by atoms with E-state index >= 15 is 0 Å². The molecule has 1 heterocycles. The van der Waals surface area contributed by atoms with Gasteiger partial charge in [-0.1, -0.05) is 11.6 Å². The molecule has 0 N–H and O–H groups in total. The summed E-state index contributed by atoms with van der Waals surface area (Å²) in [5, 5.41) is 0. The number of esters is 1. The van der Waals surface area contributed by atoms with Crippen LogP contribution in [0, 0.1) is 6.92 Å². The van der Waals surface area contributed by atoms with Crippen LogP contribution in [0.25, 0.3) is 0 Å². The Morgan fingerprint density at radius 2 is 2.00 bits per heavy atom. The minimum Gasteiger partial charge on any atom is -0.496 e. The number of ether oxygens (including phenoxy) is 4. The summed E-state index contributed by atoms with van der Waals surface area (Å²) in [5.41, 5.74) is -0.0406. The van der Waals surface area contributed by atoms with Crippen LogP contribution in [-0.2, 0) is 24.6 Å². The van der Waals surface area contributed by atoms with E-state index in [1.807, 2.05) is 32.0 Å². The number of rotatable bonds is 4. The largest absolute Gasteiger partial charge is 0.496 e. The van der Waals surface area contributed by atoms with Gasteiger partial charge in [-0.3, -0.25) is 0 Å². The fourth-order valence-electron chi connectivity index (χ4n) is 2.75. The summed E-state index contributed by atoms with van der Waals surface area (Å²) in [5.74, 6) is 0.165. The first-order chi connectivity index (χ1) is 9.90. The molecule has 0 radical (unpaired) electrons. The van der Waals surface area contributed by atoms with Crippen molar-refractivity contribution < 1.29 is 23.7 Å². The Labute approximate surface area is 125 Å². The maximum absolute atomic E-state index is 12.5. The van der Waals surface area contributed by atoms with Crippen molar-refractivity contribution >= 4 is 5.97 Å². The van der Waals surface area contributed by atoms with E-state index in [1.54, 1.807) is 14.2 Å². The third-order valence-electron chi connectivity index (χ3n) is 4.04. The van der Waals surface area contributed by atoms with Gasteiger partial charge in [-0.25, -0.2) is 4.79 Å². The van der Waals surface area contributed by atoms with E-state index in [2.05, 4.69) is 0 Å². The first-order valence-corrected chi connectivity index (χ1v) is 6.83. The Hall–Kier alpha value is -1.59. The monoisotopic (exact) mass is 294 g/mol. The molecule has 1 aliphatic heterocycles. The highest BCUT2D eigenvalue weighted by atomic mass is 16.6. The van der Waals surface area contributed by atoms with E-state index in [0.717, 1.165) is 5.56 Å².